The van der Waals surface area contributed by atoms with Crippen LogP contribution in [-0.4, -0.2) is 16.6 Å². The number of halogens is 1. The summed E-state index contributed by atoms with van der Waals surface area (Å²) in [6.07, 6.45) is 2.55. The highest BCUT2D eigenvalue weighted by atomic mass is 127. The van der Waals surface area contributed by atoms with Crippen LogP contribution in [0.1, 0.15) is 13.3 Å². The molecule has 0 aliphatic carbocycles. The van der Waals surface area contributed by atoms with Crippen molar-refractivity contribution in [1.29, 1.82) is 0 Å². The van der Waals surface area contributed by atoms with E-state index in [1.807, 2.05) is 46.9 Å². The third-order valence-corrected chi connectivity index (χ3v) is 3.12. The Labute approximate surface area is 119 Å². The lowest BCUT2D eigenvalue weighted by molar-refractivity contribution is 0.317. The zero-order chi connectivity index (χ0) is 13.0. The molecule has 5 heteroatoms. The van der Waals surface area contributed by atoms with E-state index in [1.165, 1.54) is 0 Å². The largest absolute Gasteiger partial charge is 0.494 e. The summed E-state index contributed by atoms with van der Waals surface area (Å²) in [6, 6.07) is 7.53. The number of hydrogen-bond acceptors (Lipinski definition) is 3. The Balaban J connectivity index is 2.23. The summed E-state index contributed by atoms with van der Waals surface area (Å²) in [7, 11) is 0. The molecule has 2 rings (SSSR count). The maximum absolute atomic E-state index is 11.5. The van der Waals surface area contributed by atoms with E-state index in [9.17, 15) is 4.79 Å². The molecule has 1 aromatic heterocycles. The van der Waals surface area contributed by atoms with Crippen LogP contribution in [0, 0.1) is 3.57 Å². The molecule has 0 bridgehead atoms. The van der Waals surface area contributed by atoms with Gasteiger partial charge in [0.15, 0.2) is 0 Å². The Morgan fingerprint density at radius 2 is 2.06 bits per heavy atom. The molecule has 2 aromatic rings. The molecule has 94 valence electrons. The summed E-state index contributed by atoms with van der Waals surface area (Å²) in [6.45, 7) is 2.77. The zero-order valence-corrected chi connectivity index (χ0v) is 12.1. The number of hydrogen-bond donors (Lipinski definition) is 1. The van der Waals surface area contributed by atoms with Crippen LogP contribution >= 0.6 is 22.6 Å². The maximum Gasteiger partial charge on any atom is 0.264 e. The maximum atomic E-state index is 11.5. The molecule has 0 fully saturated rings. The molecule has 0 radical (unpaired) electrons. The summed E-state index contributed by atoms with van der Waals surface area (Å²) >= 11 is 1.95. The Kier molecular flexibility index (Phi) is 4.35. The fourth-order valence-electron chi connectivity index (χ4n) is 1.46. The Morgan fingerprint density at radius 3 is 2.67 bits per heavy atom. The standard InChI is InChI=1S/C13H13IN2O2/c1-2-7-18-10-5-3-9(4-6-10)12-15-8-11(14)13(17)16-12/h3-6,8H,2,7H2,1H3,(H,15,16,17). The Bertz CT molecular complexity index is 578. The van der Waals surface area contributed by atoms with Gasteiger partial charge in [-0.1, -0.05) is 6.92 Å². The lowest BCUT2D eigenvalue weighted by Crippen LogP contribution is -2.11. The van der Waals surface area contributed by atoms with Crippen molar-refractivity contribution in [3.05, 3.63) is 44.4 Å². The topological polar surface area (TPSA) is 55.0 Å². The summed E-state index contributed by atoms with van der Waals surface area (Å²) in [5.74, 6) is 1.40. The zero-order valence-electron chi connectivity index (χ0n) is 9.94. The highest BCUT2D eigenvalue weighted by molar-refractivity contribution is 14.1. The average Bonchev–Trinajstić information content (AvgIpc) is 2.40. The van der Waals surface area contributed by atoms with Crippen molar-refractivity contribution >= 4 is 22.6 Å². The molecular formula is C13H13IN2O2. The molecule has 4 nitrogen and oxygen atoms in total. The first kappa shape index (κ1) is 13.1. The van der Waals surface area contributed by atoms with Crippen LogP contribution in [0.15, 0.2) is 35.3 Å². The van der Waals surface area contributed by atoms with Crippen LogP contribution in [0.5, 0.6) is 5.75 Å². The minimum atomic E-state index is -0.119. The number of nitrogens with one attached hydrogen (secondary N) is 1. The van der Waals surface area contributed by atoms with Gasteiger partial charge >= 0.3 is 0 Å². The van der Waals surface area contributed by atoms with Gasteiger partial charge in [-0.05, 0) is 53.3 Å². The third-order valence-electron chi connectivity index (χ3n) is 2.36. The second-order valence-electron chi connectivity index (χ2n) is 3.78. The summed E-state index contributed by atoms with van der Waals surface area (Å²) in [5, 5.41) is 0. The minimum Gasteiger partial charge on any atom is -0.494 e. The quantitative estimate of drug-likeness (QED) is 0.858. The molecule has 0 unspecified atom stereocenters. The molecule has 1 N–H and O–H groups in total. The van der Waals surface area contributed by atoms with Crippen LogP contribution in [0.3, 0.4) is 0 Å². The monoisotopic (exact) mass is 356 g/mol. The molecule has 18 heavy (non-hydrogen) atoms. The van der Waals surface area contributed by atoms with Crippen molar-refractivity contribution in [1.82, 2.24) is 9.97 Å². The van der Waals surface area contributed by atoms with Gasteiger partial charge in [0.2, 0.25) is 0 Å². The normalized spacial score (nSPS) is 10.3. The van der Waals surface area contributed by atoms with Gasteiger partial charge in [-0.3, -0.25) is 4.79 Å². The number of nitrogens with zero attached hydrogens (tertiary/aromatic N) is 1. The van der Waals surface area contributed by atoms with E-state index in [1.54, 1.807) is 6.20 Å². The fourth-order valence-corrected chi connectivity index (χ4v) is 1.73. The van der Waals surface area contributed by atoms with E-state index >= 15 is 0 Å². The molecule has 0 saturated heterocycles. The predicted octanol–water partition coefficient (Wildman–Crippen LogP) is 2.83. The second kappa shape index (κ2) is 5.99. The predicted molar refractivity (Wildman–Crippen MR) is 78.8 cm³/mol. The molecule has 0 saturated carbocycles. The average molecular weight is 356 g/mol. The number of aromatic nitrogens is 2. The van der Waals surface area contributed by atoms with Crippen LogP contribution in [-0.2, 0) is 0 Å². The first-order valence-electron chi connectivity index (χ1n) is 5.68. The van der Waals surface area contributed by atoms with Crippen LogP contribution in [0.4, 0.5) is 0 Å². The number of benzene rings is 1. The van der Waals surface area contributed by atoms with Crippen molar-refractivity contribution in [2.45, 2.75) is 13.3 Å². The van der Waals surface area contributed by atoms with Gasteiger partial charge in [0.1, 0.15) is 11.6 Å². The summed E-state index contributed by atoms with van der Waals surface area (Å²) in [4.78, 5) is 18.4. The molecule has 1 aromatic carbocycles. The van der Waals surface area contributed by atoms with Crippen LogP contribution < -0.4 is 10.3 Å². The van der Waals surface area contributed by atoms with Crippen molar-refractivity contribution in [2.75, 3.05) is 6.61 Å². The molecule has 0 spiro atoms. The molecular weight excluding hydrogens is 343 g/mol. The Hall–Kier alpha value is -1.37. The first-order chi connectivity index (χ1) is 8.70. The molecule has 0 aliphatic heterocycles. The number of ether oxygens (including phenoxy) is 1. The van der Waals surface area contributed by atoms with E-state index in [4.69, 9.17) is 4.74 Å². The number of aromatic amines is 1. The number of rotatable bonds is 4. The lowest BCUT2D eigenvalue weighted by Gasteiger charge is -2.05. The highest BCUT2D eigenvalue weighted by Crippen LogP contribution is 2.18. The third kappa shape index (κ3) is 3.10. The SMILES string of the molecule is CCCOc1ccc(-c2ncc(I)c(=O)[nH]2)cc1. The van der Waals surface area contributed by atoms with Crippen LogP contribution in [0.2, 0.25) is 0 Å². The van der Waals surface area contributed by atoms with Crippen molar-refractivity contribution in [2.24, 2.45) is 0 Å². The smallest absolute Gasteiger partial charge is 0.264 e. The Morgan fingerprint density at radius 1 is 1.33 bits per heavy atom. The second-order valence-corrected chi connectivity index (χ2v) is 4.94. The summed E-state index contributed by atoms with van der Waals surface area (Å²) in [5.41, 5.74) is 0.749. The van der Waals surface area contributed by atoms with E-state index in [-0.39, 0.29) is 5.56 Å². The van der Waals surface area contributed by atoms with Crippen molar-refractivity contribution < 1.29 is 4.74 Å². The minimum absolute atomic E-state index is 0.119. The van der Waals surface area contributed by atoms with Crippen molar-refractivity contribution in [3.63, 3.8) is 0 Å². The number of H-pyrrole nitrogens is 1. The molecule has 1 heterocycles. The van der Waals surface area contributed by atoms with E-state index in [2.05, 4.69) is 16.9 Å². The molecule has 0 aliphatic rings. The van der Waals surface area contributed by atoms with E-state index in [0.29, 0.717) is 16.0 Å². The van der Waals surface area contributed by atoms with Crippen LogP contribution in [0.25, 0.3) is 11.4 Å². The van der Waals surface area contributed by atoms with Gasteiger partial charge in [-0.25, -0.2) is 4.98 Å². The fraction of sp³-hybridized carbons (Fsp3) is 0.231. The van der Waals surface area contributed by atoms with Crippen molar-refractivity contribution in [3.8, 4) is 17.1 Å². The van der Waals surface area contributed by atoms with Gasteiger partial charge in [-0.2, -0.15) is 0 Å². The van der Waals surface area contributed by atoms with E-state index < -0.39 is 0 Å². The lowest BCUT2D eigenvalue weighted by atomic mass is 10.2. The van der Waals surface area contributed by atoms with Gasteiger partial charge in [-0.15, -0.1) is 0 Å². The molecule has 0 amide bonds. The first-order valence-corrected chi connectivity index (χ1v) is 6.76. The highest BCUT2D eigenvalue weighted by Gasteiger charge is 2.03. The van der Waals surface area contributed by atoms with Gasteiger partial charge < -0.3 is 9.72 Å². The van der Waals surface area contributed by atoms with E-state index in [0.717, 1.165) is 17.7 Å². The van der Waals surface area contributed by atoms with Gasteiger partial charge in [0.25, 0.3) is 5.56 Å². The summed E-state index contributed by atoms with van der Waals surface area (Å²) < 4.78 is 6.08. The molecule has 0 atom stereocenters. The van der Waals surface area contributed by atoms with Gasteiger partial charge in [0, 0.05) is 11.8 Å². The van der Waals surface area contributed by atoms with Gasteiger partial charge in [0.05, 0.1) is 10.2 Å².